The van der Waals surface area contributed by atoms with Crippen molar-refractivity contribution in [3.05, 3.63) is 77.5 Å². The number of nitrogens with one attached hydrogen (secondary N) is 2. The van der Waals surface area contributed by atoms with Crippen molar-refractivity contribution in [3.63, 3.8) is 0 Å². The van der Waals surface area contributed by atoms with Crippen molar-refractivity contribution in [1.29, 1.82) is 0 Å². The van der Waals surface area contributed by atoms with E-state index in [4.69, 9.17) is 0 Å². The molecule has 25 heavy (non-hydrogen) atoms. The SMILES string of the molecule is O=C(NC1(c2cc(F)ccc2F)CC1)c1ccc(-c2ccn[nH]2)cc1. The Balaban J connectivity index is 1.55. The van der Waals surface area contributed by atoms with Crippen molar-refractivity contribution in [1.82, 2.24) is 15.5 Å². The van der Waals surface area contributed by atoms with Crippen LogP contribution in [0.15, 0.2) is 54.7 Å². The van der Waals surface area contributed by atoms with E-state index in [1.54, 1.807) is 18.3 Å². The molecule has 1 saturated carbocycles. The van der Waals surface area contributed by atoms with Gasteiger partial charge >= 0.3 is 0 Å². The van der Waals surface area contributed by atoms with Crippen LogP contribution in [0.2, 0.25) is 0 Å². The number of nitrogens with zero attached hydrogens (tertiary/aromatic N) is 1. The average molecular weight is 339 g/mol. The second-order valence-electron chi connectivity index (χ2n) is 6.21. The average Bonchev–Trinajstić information content (AvgIpc) is 3.18. The zero-order valence-electron chi connectivity index (χ0n) is 13.2. The van der Waals surface area contributed by atoms with Crippen LogP contribution in [0.1, 0.15) is 28.8 Å². The van der Waals surface area contributed by atoms with Gasteiger partial charge in [-0.15, -0.1) is 0 Å². The third-order valence-electron chi connectivity index (χ3n) is 4.51. The highest BCUT2D eigenvalue weighted by Crippen LogP contribution is 2.46. The lowest BCUT2D eigenvalue weighted by atomic mass is 10.0. The summed E-state index contributed by atoms with van der Waals surface area (Å²) >= 11 is 0. The molecule has 0 saturated heterocycles. The van der Waals surface area contributed by atoms with Gasteiger partial charge in [-0.3, -0.25) is 9.89 Å². The molecule has 4 nitrogen and oxygen atoms in total. The highest BCUT2D eigenvalue weighted by Gasteiger charge is 2.47. The summed E-state index contributed by atoms with van der Waals surface area (Å²) in [6.45, 7) is 0. The van der Waals surface area contributed by atoms with Crippen LogP contribution in [0.4, 0.5) is 8.78 Å². The van der Waals surface area contributed by atoms with Crippen molar-refractivity contribution >= 4 is 5.91 Å². The van der Waals surface area contributed by atoms with Crippen molar-refractivity contribution in [2.45, 2.75) is 18.4 Å². The summed E-state index contributed by atoms with van der Waals surface area (Å²) in [6, 6.07) is 12.2. The molecule has 0 atom stereocenters. The van der Waals surface area contributed by atoms with Crippen molar-refractivity contribution in [2.75, 3.05) is 0 Å². The molecule has 1 aromatic heterocycles. The van der Waals surface area contributed by atoms with E-state index in [-0.39, 0.29) is 11.5 Å². The van der Waals surface area contributed by atoms with Crippen LogP contribution < -0.4 is 5.32 Å². The second-order valence-corrected chi connectivity index (χ2v) is 6.21. The lowest BCUT2D eigenvalue weighted by Crippen LogP contribution is -2.35. The number of carbonyl (C=O) groups is 1. The molecular formula is C19H15F2N3O. The fraction of sp³-hybridized carbons (Fsp3) is 0.158. The molecule has 0 unspecified atom stereocenters. The van der Waals surface area contributed by atoms with Crippen molar-refractivity contribution in [2.24, 2.45) is 0 Å². The van der Waals surface area contributed by atoms with Gasteiger partial charge in [-0.05, 0) is 54.8 Å². The van der Waals surface area contributed by atoms with Crippen LogP contribution in [0, 0.1) is 11.6 Å². The summed E-state index contributed by atoms with van der Waals surface area (Å²) in [5.74, 6) is -1.33. The van der Waals surface area contributed by atoms with Crippen LogP contribution in [-0.2, 0) is 5.54 Å². The first kappa shape index (κ1) is 15.5. The molecule has 4 rings (SSSR count). The summed E-state index contributed by atoms with van der Waals surface area (Å²) < 4.78 is 27.5. The standard InChI is InChI=1S/C19H15F2N3O/c20-14-5-6-16(21)15(11-14)19(8-9-19)23-18(25)13-3-1-12(2-4-13)17-7-10-22-24-17/h1-7,10-11H,8-9H2,(H,22,24)(H,23,25). The van der Waals surface area contributed by atoms with E-state index < -0.39 is 17.2 Å². The number of halogens is 2. The summed E-state index contributed by atoms with van der Waals surface area (Å²) in [7, 11) is 0. The fourth-order valence-electron chi connectivity index (χ4n) is 2.96. The maximum absolute atomic E-state index is 14.0. The lowest BCUT2D eigenvalue weighted by Gasteiger charge is -2.19. The van der Waals surface area contributed by atoms with Gasteiger partial charge in [0.1, 0.15) is 11.6 Å². The number of benzene rings is 2. The van der Waals surface area contributed by atoms with Crippen LogP contribution in [0.5, 0.6) is 0 Å². The Labute approximate surface area is 142 Å². The molecule has 1 aliphatic carbocycles. The Morgan fingerprint density at radius 1 is 1.08 bits per heavy atom. The normalized spacial score (nSPS) is 15.0. The van der Waals surface area contributed by atoms with Crippen LogP contribution in [-0.4, -0.2) is 16.1 Å². The predicted octanol–water partition coefficient (Wildman–Crippen LogP) is 3.77. The minimum atomic E-state index is -0.814. The molecule has 1 amide bonds. The number of aromatic amines is 1. The Morgan fingerprint density at radius 2 is 1.84 bits per heavy atom. The number of aromatic nitrogens is 2. The van der Waals surface area contributed by atoms with Crippen LogP contribution in [0.3, 0.4) is 0 Å². The molecule has 0 bridgehead atoms. The van der Waals surface area contributed by atoms with Crippen molar-refractivity contribution in [3.8, 4) is 11.3 Å². The molecule has 1 fully saturated rings. The second kappa shape index (κ2) is 5.81. The predicted molar refractivity (Wildman–Crippen MR) is 88.8 cm³/mol. The first-order chi connectivity index (χ1) is 12.1. The zero-order valence-corrected chi connectivity index (χ0v) is 13.2. The molecule has 0 spiro atoms. The molecule has 3 aromatic rings. The molecule has 0 aliphatic heterocycles. The molecule has 2 N–H and O–H groups in total. The zero-order chi connectivity index (χ0) is 17.4. The maximum atomic E-state index is 14.0. The molecule has 1 heterocycles. The van der Waals surface area contributed by atoms with E-state index >= 15 is 0 Å². The van der Waals surface area contributed by atoms with Crippen LogP contribution in [0.25, 0.3) is 11.3 Å². The number of carbonyl (C=O) groups excluding carboxylic acids is 1. The third kappa shape index (κ3) is 2.91. The number of hydrogen-bond acceptors (Lipinski definition) is 2. The Morgan fingerprint density at radius 3 is 2.48 bits per heavy atom. The quantitative estimate of drug-likeness (QED) is 0.760. The lowest BCUT2D eigenvalue weighted by molar-refractivity contribution is 0.0930. The van der Waals surface area contributed by atoms with Gasteiger partial charge in [-0.2, -0.15) is 5.10 Å². The van der Waals surface area contributed by atoms with E-state index in [1.807, 2.05) is 18.2 Å². The molecule has 2 aromatic carbocycles. The maximum Gasteiger partial charge on any atom is 0.251 e. The molecule has 1 aliphatic rings. The highest BCUT2D eigenvalue weighted by atomic mass is 19.1. The van der Waals surface area contributed by atoms with Crippen LogP contribution >= 0.6 is 0 Å². The number of amides is 1. The van der Waals surface area contributed by atoms with E-state index in [0.717, 1.165) is 29.5 Å². The summed E-state index contributed by atoms with van der Waals surface area (Å²) in [5.41, 5.74) is 1.62. The number of hydrogen-bond donors (Lipinski definition) is 2. The summed E-state index contributed by atoms with van der Waals surface area (Å²) in [6.07, 6.45) is 2.83. The van der Waals surface area contributed by atoms with Gasteiger partial charge < -0.3 is 5.32 Å². The first-order valence-electron chi connectivity index (χ1n) is 7.95. The topological polar surface area (TPSA) is 57.8 Å². The summed E-state index contributed by atoms with van der Waals surface area (Å²) in [5, 5.41) is 9.60. The summed E-state index contributed by atoms with van der Waals surface area (Å²) in [4.78, 5) is 12.5. The largest absolute Gasteiger partial charge is 0.342 e. The molecule has 126 valence electrons. The Bertz CT molecular complexity index is 916. The van der Waals surface area contributed by atoms with Gasteiger partial charge in [0.2, 0.25) is 0 Å². The third-order valence-corrected chi connectivity index (χ3v) is 4.51. The molecular weight excluding hydrogens is 324 g/mol. The monoisotopic (exact) mass is 339 g/mol. The number of rotatable bonds is 4. The minimum absolute atomic E-state index is 0.204. The Kier molecular flexibility index (Phi) is 3.60. The van der Waals surface area contributed by atoms with Gasteiger partial charge in [-0.25, -0.2) is 8.78 Å². The molecule has 0 radical (unpaired) electrons. The fourth-order valence-corrected chi connectivity index (χ4v) is 2.96. The smallest absolute Gasteiger partial charge is 0.251 e. The van der Waals surface area contributed by atoms with Gasteiger partial charge in [0.05, 0.1) is 11.2 Å². The van der Waals surface area contributed by atoms with Gasteiger partial charge in [0.25, 0.3) is 5.91 Å². The van der Waals surface area contributed by atoms with E-state index in [0.29, 0.717) is 18.4 Å². The van der Waals surface area contributed by atoms with Gasteiger partial charge in [0, 0.05) is 17.3 Å². The van der Waals surface area contributed by atoms with Gasteiger partial charge in [-0.1, -0.05) is 12.1 Å². The van der Waals surface area contributed by atoms with E-state index in [2.05, 4.69) is 15.5 Å². The Hall–Kier alpha value is -3.02. The first-order valence-corrected chi connectivity index (χ1v) is 7.95. The molecule has 6 heteroatoms. The van der Waals surface area contributed by atoms with E-state index in [1.165, 1.54) is 0 Å². The van der Waals surface area contributed by atoms with Gasteiger partial charge in [0.15, 0.2) is 0 Å². The van der Waals surface area contributed by atoms with E-state index in [9.17, 15) is 13.6 Å². The number of H-pyrrole nitrogens is 1. The van der Waals surface area contributed by atoms with Crippen molar-refractivity contribution < 1.29 is 13.6 Å². The minimum Gasteiger partial charge on any atom is -0.342 e. The highest BCUT2D eigenvalue weighted by molar-refractivity contribution is 5.95.